The lowest BCUT2D eigenvalue weighted by atomic mass is 10.0. The molecule has 0 aromatic heterocycles. The van der Waals surface area contributed by atoms with Crippen LogP contribution in [0.5, 0.6) is 5.75 Å². The van der Waals surface area contributed by atoms with Crippen LogP contribution in [-0.4, -0.2) is 35.7 Å². The predicted molar refractivity (Wildman–Crippen MR) is 68.4 cm³/mol. The molecule has 2 atom stereocenters. The number of hydrogen-bond donors (Lipinski definition) is 1. The fourth-order valence-corrected chi connectivity index (χ4v) is 2.49. The number of ether oxygens (including phenoxy) is 1. The van der Waals surface area contributed by atoms with Gasteiger partial charge < -0.3 is 14.7 Å². The highest BCUT2D eigenvalue weighted by Crippen LogP contribution is 2.34. The van der Waals surface area contributed by atoms with Gasteiger partial charge in [-0.3, -0.25) is 4.79 Å². The van der Waals surface area contributed by atoms with Gasteiger partial charge >= 0.3 is 0 Å². The lowest BCUT2D eigenvalue weighted by molar-refractivity contribution is -0.132. The summed E-state index contributed by atoms with van der Waals surface area (Å²) in [5, 5.41) is 10.1. The fourth-order valence-electron chi connectivity index (χ4n) is 2.49. The average Bonchev–Trinajstić information content (AvgIpc) is 2.79. The molecule has 0 aliphatic carbocycles. The molecule has 1 saturated heterocycles. The van der Waals surface area contributed by atoms with Crippen molar-refractivity contribution >= 4 is 5.91 Å². The van der Waals surface area contributed by atoms with Gasteiger partial charge in [0.25, 0.3) is 0 Å². The molecule has 98 valence electrons. The Morgan fingerprint density at radius 3 is 3.00 bits per heavy atom. The van der Waals surface area contributed by atoms with Crippen LogP contribution in [0, 0.1) is 0 Å². The summed E-state index contributed by atoms with van der Waals surface area (Å²) < 4.78 is 5.19. The summed E-state index contributed by atoms with van der Waals surface area (Å²) in [5.41, 5.74) is 0.932. The van der Waals surface area contributed by atoms with Gasteiger partial charge in [-0.15, -0.1) is 0 Å². The Labute approximate surface area is 107 Å². The fraction of sp³-hybridized carbons (Fsp3) is 0.500. The van der Waals surface area contributed by atoms with E-state index >= 15 is 0 Å². The van der Waals surface area contributed by atoms with Crippen molar-refractivity contribution in [1.29, 1.82) is 0 Å². The van der Waals surface area contributed by atoms with Crippen LogP contribution in [0.15, 0.2) is 24.3 Å². The number of nitrogens with zero attached hydrogens (tertiary/aromatic N) is 1. The molecule has 1 aromatic carbocycles. The number of benzene rings is 1. The summed E-state index contributed by atoms with van der Waals surface area (Å²) in [4.78, 5) is 13.6. The molecule has 1 fully saturated rings. The molecule has 1 aliphatic heterocycles. The summed E-state index contributed by atoms with van der Waals surface area (Å²) in [6.45, 7) is 2.46. The van der Waals surface area contributed by atoms with Gasteiger partial charge in [-0.2, -0.15) is 0 Å². The van der Waals surface area contributed by atoms with Crippen molar-refractivity contribution in [1.82, 2.24) is 4.90 Å². The number of carbonyl (C=O) groups is 1. The first-order chi connectivity index (χ1) is 8.67. The third kappa shape index (κ3) is 2.34. The minimum atomic E-state index is -0.493. The van der Waals surface area contributed by atoms with Gasteiger partial charge in [0.05, 0.1) is 19.3 Å². The Bertz CT molecular complexity index is 433. The van der Waals surface area contributed by atoms with E-state index in [1.807, 2.05) is 31.2 Å². The van der Waals surface area contributed by atoms with Gasteiger partial charge in [-0.05, 0) is 24.1 Å². The van der Waals surface area contributed by atoms with Crippen LogP contribution in [0.25, 0.3) is 0 Å². The number of hydrogen-bond acceptors (Lipinski definition) is 3. The third-order valence-corrected chi connectivity index (χ3v) is 3.42. The van der Waals surface area contributed by atoms with Gasteiger partial charge in [0.2, 0.25) is 5.91 Å². The summed E-state index contributed by atoms with van der Waals surface area (Å²) in [6.07, 6.45) is 0.605. The summed E-state index contributed by atoms with van der Waals surface area (Å²) in [7, 11) is 1.61. The molecule has 0 radical (unpaired) electrons. The van der Waals surface area contributed by atoms with Crippen LogP contribution in [0.4, 0.5) is 0 Å². The van der Waals surface area contributed by atoms with Crippen LogP contribution < -0.4 is 4.74 Å². The molecule has 0 bridgehead atoms. The van der Waals surface area contributed by atoms with Crippen LogP contribution in [0.2, 0.25) is 0 Å². The molecule has 4 heteroatoms. The number of likely N-dealkylation sites (tertiary alicyclic amines) is 1. The first-order valence-corrected chi connectivity index (χ1v) is 6.29. The number of amides is 1. The maximum absolute atomic E-state index is 11.9. The molecule has 2 rings (SSSR count). The smallest absolute Gasteiger partial charge is 0.222 e. The van der Waals surface area contributed by atoms with Crippen LogP contribution >= 0.6 is 0 Å². The number of methoxy groups -OCH3 is 1. The molecular formula is C14H19NO3. The van der Waals surface area contributed by atoms with Gasteiger partial charge in [0.15, 0.2) is 0 Å². The Morgan fingerprint density at radius 2 is 2.33 bits per heavy atom. The second-order valence-corrected chi connectivity index (χ2v) is 4.52. The topological polar surface area (TPSA) is 49.8 Å². The van der Waals surface area contributed by atoms with Crippen molar-refractivity contribution in [2.45, 2.75) is 31.9 Å². The zero-order chi connectivity index (χ0) is 13.1. The quantitative estimate of drug-likeness (QED) is 0.887. The molecule has 1 aromatic rings. The number of rotatable bonds is 3. The zero-order valence-electron chi connectivity index (χ0n) is 10.8. The second kappa shape index (κ2) is 5.40. The van der Waals surface area contributed by atoms with Gasteiger partial charge in [-0.1, -0.05) is 19.1 Å². The van der Waals surface area contributed by atoms with Gasteiger partial charge in [0, 0.05) is 13.0 Å². The van der Waals surface area contributed by atoms with E-state index in [0.717, 1.165) is 11.3 Å². The first kappa shape index (κ1) is 12.9. The van der Waals surface area contributed by atoms with Crippen molar-refractivity contribution in [3.8, 4) is 5.75 Å². The molecular weight excluding hydrogens is 230 g/mol. The molecule has 4 nitrogen and oxygen atoms in total. The summed E-state index contributed by atoms with van der Waals surface area (Å²) in [5.74, 6) is 0.829. The molecule has 1 amide bonds. The molecule has 1 N–H and O–H groups in total. The third-order valence-electron chi connectivity index (χ3n) is 3.42. The zero-order valence-corrected chi connectivity index (χ0v) is 10.8. The average molecular weight is 249 g/mol. The molecule has 0 saturated carbocycles. The predicted octanol–water partition coefficient (Wildman–Crippen LogP) is 1.74. The maximum atomic E-state index is 11.9. The number of aliphatic hydroxyl groups is 1. The highest BCUT2D eigenvalue weighted by molar-refractivity contribution is 5.76. The van der Waals surface area contributed by atoms with Crippen LogP contribution in [0.1, 0.15) is 31.4 Å². The summed E-state index contributed by atoms with van der Waals surface area (Å²) >= 11 is 0. The molecule has 18 heavy (non-hydrogen) atoms. The lowest BCUT2D eigenvalue weighted by Crippen LogP contribution is -2.32. The van der Waals surface area contributed by atoms with Crippen molar-refractivity contribution in [3.05, 3.63) is 29.8 Å². The Morgan fingerprint density at radius 1 is 1.56 bits per heavy atom. The molecule has 1 unspecified atom stereocenters. The van der Waals surface area contributed by atoms with Crippen molar-refractivity contribution in [2.75, 3.05) is 13.7 Å². The highest BCUT2D eigenvalue weighted by Gasteiger charge is 2.36. The Balaban J connectivity index is 2.30. The maximum Gasteiger partial charge on any atom is 0.222 e. The van der Waals surface area contributed by atoms with Crippen LogP contribution in [0.3, 0.4) is 0 Å². The van der Waals surface area contributed by atoms with E-state index in [-0.39, 0.29) is 11.9 Å². The minimum Gasteiger partial charge on any atom is -0.497 e. The number of carbonyl (C=O) groups excluding carboxylic acids is 1. The highest BCUT2D eigenvalue weighted by atomic mass is 16.5. The minimum absolute atomic E-state index is 0.0827. The van der Waals surface area contributed by atoms with E-state index in [4.69, 9.17) is 4.74 Å². The SMILES string of the molecule is CCC(=O)N1CC[C@@H](O)C1c1cccc(OC)c1. The first-order valence-electron chi connectivity index (χ1n) is 6.29. The van der Waals surface area contributed by atoms with E-state index in [9.17, 15) is 9.90 Å². The van der Waals surface area contributed by atoms with E-state index in [0.29, 0.717) is 19.4 Å². The van der Waals surface area contributed by atoms with E-state index in [1.54, 1.807) is 12.0 Å². The summed E-state index contributed by atoms with van der Waals surface area (Å²) in [6, 6.07) is 7.31. The van der Waals surface area contributed by atoms with Crippen molar-refractivity contribution in [2.24, 2.45) is 0 Å². The van der Waals surface area contributed by atoms with E-state index in [2.05, 4.69) is 0 Å². The van der Waals surface area contributed by atoms with Crippen molar-refractivity contribution in [3.63, 3.8) is 0 Å². The van der Waals surface area contributed by atoms with Gasteiger partial charge in [0.1, 0.15) is 5.75 Å². The van der Waals surface area contributed by atoms with Crippen LogP contribution in [-0.2, 0) is 4.79 Å². The molecule has 1 aliphatic rings. The Kier molecular flexibility index (Phi) is 3.87. The lowest BCUT2D eigenvalue weighted by Gasteiger charge is -2.26. The van der Waals surface area contributed by atoms with Gasteiger partial charge in [-0.25, -0.2) is 0 Å². The normalized spacial score (nSPS) is 23.2. The van der Waals surface area contributed by atoms with E-state index < -0.39 is 6.10 Å². The van der Waals surface area contributed by atoms with E-state index in [1.165, 1.54) is 0 Å². The van der Waals surface area contributed by atoms with Crippen molar-refractivity contribution < 1.29 is 14.6 Å². The number of aliphatic hydroxyl groups excluding tert-OH is 1. The second-order valence-electron chi connectivity index (χ2n) is 4.52. The standard InChI is InChI=1S/C14H19NO3/c1-3-13(17)15-8-7-12(16)14(15)10-5-4-6-11(9-10)18-2/h4-6,9,12,14,16H,3,7-8H2,1-2H3/t12-,14?/m1/s1. The Hall–Kier alpha value is -1.55. The molecule has 1 heterocycles. The monoisotopic (exact) mass is 249 g/mol. The molecule has 0 spiro atoms. The largest absolute Gasteiger partial charge is 0.497 e.